The number of aryl methyl sites for hydroxylation is 1. The molecule has 7 heteroatoms. The van der Waals surface area contributed by atoms with E-state index in [9.17, 15) is 0 Å². The fraction of sp³-hybridized carbons (Fsp3) is 0.148. The number of hydrogen-bond donors (Lipinski definition) is 0. The molecule has 0 saturated heterocycles. The number of rotatable bonds is 8. The van der Waals surface area contributed by atoms with Gasteiger partial charge in [0.15, 0.2) is 5.76 Å². The molecule has 5 aromatic rings. The van der Waals surface area contributed by atoms with Crippen molar-refractivity contribution in [3.8, 4) is 22.8 Å². The summed E-state index contributed by atoms with van der Waals surface area (Å²) in [6, 6.07) is 21.9. The van der Waals surface area contributed by atoms with Crippen molar-refractivity contribution >= 4 is 0 Å². The van der Waals surface area contributed by atoms with Crippen molar-refractivity contribution in [3.05, 3.63) is 114 Å². The van der Waals surface area contributed by atoms with Gasteiger partial charge in [-0.1, -0.05) is 35.9 Å². The van der Waals surface area contributed by atoms with Gasteiger partial charge in [0.2, 0.25) is 0 Å². The summed E-state index contributed by atoms with van der Waals surface area (Å²) in [7, 11) is 0. The molecule has 0 unspecified atom stereocenters. The minimum atomic E-state index is 0.559. The van der Waals surface area contributed by atoms with Crippen LogP contribution in [0.3, 0.4) is 0 Å². The van der Waals surface area contributed by atoms with E-state index in [2.05, 4.69) is 56.0 Å². The van der Waals surface area contributed by atoms with Crippen LogP contribution in [0.2, 0.25) is 0 Å². The quantitative estimate of drug-likeness (QED) is 0.327. The first-order chi connectivity index (χ1) is 16.7. The summed E-state index contributed by atoms with van der Waals surface area (Å²) >= 11 is 0. The van der Waals surface area contributed by atoms with Gasteiger partial charge in [-0.25, -0.2) is 24.9 Å². The summed E-state index contributed by atoms with van der Waals surface area (Å²) in [6.45, 7) is 3.78. The molecule has 0 amide bonds. The molecule has 0 aliphatic rings. The summed E-state index contributed by atoms with van der Waals surface area (Å²) in [4.78, 5) is 24.5. The standard InChI is InChI=1S/C27H24N6O/c1-20-7-9-21(10-8-20)24-11-12-25(34-24)23-6-2-5-22(32-23)17-33(18-26-28-13-3-14-29-26)19-27-30-15-4-16-31-27/h2-16H,17-19H2,1H3. The van der Waals surface area contributed by atoms with E-state index >= 15 is 0 Å². The van der Waals surface area contributed by atoms with Gasteiger partial charge in [-0.05, 0) is 43.3 Å². The Morgan fingerprint density at radius 3 is 1.91 bits per heavy atom. The number of furan rings is 1. The third-order valence-electron chi connectivity index (χ3n) is 5.36. The van der Waals surface area contributed by atoms with Crippen LogP contribution in [0.4, 0.5) is 0 Å². The van der Waals surface area contributed by atoms with Gasteiger partial charge in [-0.2, -0.15) is 0 Å². The zero-order valence-electron chi connectivity index (χ0n) is 18.9. The first-order valence-electron chi connectivity index (χ1n) is 11.1. The molecule has 0 spiro atoms. The number of nitrogens with zero attached hydrogens (tertiary/aromatic N) is 6. The lowest BCUT2D eigenvalue weighted by Gasteiger charge is -2.20. The lowest BCUT2D eigenvalue weighted by molar-refractivity contribution is 0.232. The highest BCUT2D eigenvalue weighted by Gasteiger charge is 2.14. The molecule has 1 aromatic carbocycles. The molecule has 0 fully saturated rings. The Morgan fingerprint density at radius 2 is 1.26 bits per heavy atom. The Morgan fingerprint density at radius 1 is 0.647 bits per heavy atom. The van der Waals surface area contributed by atoms with E-state index in [0.29, 0.717) is 19.6 Å². The van der Waals surface area contributed by atoms with Crippen molar-refractivity contribution < 1.29 is 4.42 Å². The number of benzene rings is 1. The summed E-state index contributed by atoms with van der Waals surface area (Å²) in [5, 5.41) is 0. The Labute approximate surface area is 198 Å². The smallest absolute Gasteiger partial charge is 0.153 e. The molecule has 5 rings (SSSR count). The van der Waals surface area contributed by atoms with E-state index < -0.39 is 0 Å². The first-order valence-corrected chi connectivity index (χ1v) is 11.1. The topological polar surface area (TPSA) is 80.8 Å². The second-order valence-corrected chi connectivity index (χ2v) is 8.02. The zero-order valence-corrected chi connectivity index (χ0v) is 18.9. The number of pyridine rings is 1. The highest BCUT2D eigenvalue weighted by molar-refractivity contribution is 5.63. The van der Waals surface area contributed by atoms with Crippen LogP contribution < -0.4 is 0 Å². The lowest BCUT2D eigenvalue weighted by Crippen LogP contribution is -2.25. The van der Waals surface area contributed by atoms with Gasteiger partial charge in [0, 0.05) is 36.9 Å². The molecule has 0 aliphatic heterocycles. The maximum Gasteiger partial charge on any atom is 0.153 e. The summed E-state index contributed by atoms with van der Waals surface area (Å²) in [6.07, 6.45) is 7.00. The Bertz CT molecular complexity index is 1300. The first kappa shape index (κ1) is 21.6. The fourth-order valence-corrected chi connectivity index (χ4v) is 3.67. The molecule has 0 bridgehead atoms. The van der Waals surface area contributed by atoms with Crippen molar-refractivity contribution in [2.24, 2.45) is 0 Å². The van der Waals surface area contributed by atoms with Crippen LogP contribution >= 0.6 is 0 Å². The summed E-state index contributed by atoms with van der Waals surface area (Å²) in [5.74, 6) is 3.04. The number of aromatic nitrogens is 5. The number of hydrogen-bond acceptors (Lipinski definition) is 7. The van der Waals surface area contributed by atoms with Gasteiger partial charge in [-0.15, -0.1) is 0 Å². The van der Waals surface area contributed by atoms with E-state index in [0.717, 1.165) is 40.1 Å². The van der Waals surface area contributed by atoms with E-state index in [4.69, 9.17) is 9.40 Å². The summed E-state index contributed by atoms with van der Waals surface area (Å²) in [5.41, 5.74) is 3.97. The second-order valence-electron chi connectivity index (χ2n) is 8.02. The van der Waals surface area contributed by atoms with E-state index in [1.807, 2.05) is 42.5 Å². The Balaban J connectivity index is 1.37. The van der Waals surface area contributed by atoms with Gasteiger partial charge in [-0.3, -0.25) is 4.90 Å². The van der Waals surface area contributed by atoms with Gasteiger partial charge >= 0.3 is 0 Å². The van der Waals surface area contributed by atoms with Crippen LogP contribution in [-0.4, -0.2) is 29.8 Å². The molecule has 34 heavy (non-hydrogen) atoms. The molecule has 7 nitrogen and oxygen atoms in total. The molecular formula is C27H24N6O. The fourth-order valence-electron chi connectivity index (χ4n) is 3.67. The molecule has 168 valence electrons. The summed E-state index contributed by atoms with van der Waals surface area (Å²) < 4.78 is 6.13. The molecule has 0 atom stereocenters. The average molecular weight is 449 g/mol. The van der Waals surface area contributed by atoms with Crippen LogP contribution in [-0.2, 0) is 19.6 Å². The molecule has 0 N–H and O–H groups in total. The molecule has 0 saturated carbocycles. The molecule has 4 aromatic heterocycles. The van der Waals surface area contributed by atoms with Crippen molar-refractivity contribution in [3.63, 3.8) is 0 Å². The molecule has 4 heterocycles. The molecule has 0 aliphatic carbocycles. The highest BCUT2D eigenvalue weighted by atomic mass is 16.3. The minimum Gasteiger partial charge on any atom is -0.454 e. The minimum absolute atomic E-state index is 0.559. The SMILES string of the molecule is Cc1ccc(-c2ccc(-c3cccc(CN(Cc4ncccn4)Cc4ncccn4)n3)o2)cc1. The maximum atomic E-state index is 6.13. The predicted octanol–water partition coefficient (Wildman–Crippen LogP) is 5.10. The highest BCUT2D eigenvalue weighted by Crippen LogP contribution is 2.28. The van der Waals surface area contributed by atoms with Gasteiger partial charge in [0.25, 0.3) is 0 Å². The van der Waals surface area contributed by atoms with Crippen LogP contribution in [0.1, 0.15) is 22.9 Å². The van der Waals surface area contributed by atoms with Gasteiger partial charge in [0.05, 0.1) is 18.8 Å². The Hall–Kier alpha value is -4.23. The van der Waals surface area contributed by atoms with E-state index in [-0.39, 0.29) is 0 Å². The van der Waals surface area contributed by atoms with Gasteiger partial charge in [0.1, 0.15) is 23.1 Å². The lowest BCUT2D eigenvalue weighted by atomic mass is 10.1. The second kappa shape index (κ2) is 10.1. The van der Waals surface area contributed by atoms with Crippen LogP contribution in [0.5, 0.6) is 0 Å². The zero-order chi connectivity index (χ0) is 23.2. The van der Waals surface area contributed by atoms with Crippen LogP contribution in [0.15, 0.2) is 95.9 Å². The third-order valence-corrected chi connectivity index (χ3v) is 5.36. The molecule has 0 radical (unpaired) electrons. The molecular weight excluding hydrogens is 424 g/mol. The van der Waals surface area contributed by atoms with Crippen LogP contribution in [0, 0.1) is 6.92 Å². The maximum absolute atomic E-state index is 6.13. The monoisotopic (exact) mass is 448 g/mol. The van der Waals surface area contributed by atoms with Crippen LogP contribution in [0.25, 0.3) is 22.8 Å². The third kappa shape index (κ3) is 5.39. The predicted molar refractivity (Wildman–Crippen MR) is 129 cm³/mol. The van der Waals surface area contributed by atoms with Gasteiger partial charge < -0.3 is 4.42 Å². The Kier molecular flexibility index (Phi) is 6.45. The average Bonchev–Trinajstić information content (AvgIpc) is 3.36. The van der Waals surface area contributed by atoms with Crippen molar-refractivity contribution in [2.45, 2.75) is 26.6 Å². The van der Waals surface area contributed by atoms with E-state index in [1.54, 1.807) is 24.8 Å². The van der Waals surface area contributed by atoms with Crippen molar-refractivity contribution in [1.82, 2.24) is 29.8 Å². The van der Waals surface area contributed by atoms with Crippen molar-refractivity contribution in [1.29, 1.82) is 0 Å². The normalized spacial score (nSPS) is 11.1. The largest absolute Gasteiger partial charge is 0.454 e. The van der Waals surface area contributed by atoms with Crippen molar-refractivity contribution in [2.75, 3.05) is 0 Å². The van der Waals surface area contributed by atoms with E-state index in [1.165, 1.54) is 5.56 Å².